The van der Waals surface area contributed by atoms with E-state index < -0.39 is 0 Å². The summed E-state index contributed by atoms with van der Waals surface area (Å²) in [6, 6.07) is 10.0. The van der Waals surface area contributed by atoms with E-state index in [1.807, 2.05) is 26.0 Å². The predicted octanol–water partition coefficient (Wildman–Crippen LogP) is 4.29. The molecule has 0 aliphatic rings. The van der Waals surface area contributed by atoms with Crippen molar-refractivity contribution in [1.29, 1.82) is 0 Å². The highest BCUT2D eigenvalue weighted by atomic mass is 16.3. The molecule has 0 saturated carbocycles. The first kappa shape index (κ1) is 11.7. The van der Waals surface area contributed by atoms with Crippen LogP contribution in [-0.4, -0.2) is 5.11 Å². The van der Waals surface area contributed by atoms with Gasteiger partial charge in [-0.05, 0) is 73.2 Å². The number of phenols is 1. The predicted molar refractivity (Wildman–Crippen MR) is 72.5 cm³/mol. The van der Waals surface area contributed by atoms with Crippen LogP contribution in [0.5, 0.6) is 5.75 Å². The molecular formula is C16H18O. The lowest BCUT2D eigenvalue weighted by Crippen LogP contribution is -1.92. The Bertz CT molecular complexity index is 545. The molecule has 2 rings (SSSR count). The van der Waals surface area contributed by atoms with Crippen LogP contribution in [0.2, 0.25) is 0 Å². The summed E-state index contributed by atoms with van der Waals surface area (Å²) in [5.41, 5.74) is 7.36. The molecule has 0 aliphatic carbocycles. The van der Waals surface area contributed by atoms with E-state index in [4.69, 9.17) is 0 Å². The van der Waals surface area contributed by atoms with E-state index in [2.05, 4.69) is 32.0 Å². The zero-order valence-corrected chi connectivity index (χ0v) is 10.8. The van der Waals surface area contributed by atoms with Crippen LogP contribution in [-0.2, 0) is 0 Å². The third-order valence-corrected chi connectivity index (χ3v) is 3.39. The van der Waals surface area contributed by atoms with Gasteiger partial charge in [0.15, 0.2) is 0 Å². The summed E-state index contributed by atoms with van der Waals surface area (Å²) in [6.45, 7) is 8.37. The maximum absolute atomic E-state index is 9.59. The largest absolute Gasteiger partial charge is 0.508 e. The Hall–Kier alpha value is -1.76. The van der Waals surface area contributed by atoms with Crippen molar-refractivity contribution in [2.24, 2.45) is 0 Å². The third-order valence-electron chi connectivity index (χ3n) is 3.39. The monoisotopic (exact) mass is 226 g/mol. The van der Waals surface area contributed by atoms with Gasteiger partial charge in [-0.2, -0.15) is 0 Å². The zero-order chi connectivity index (χ0) is 12.6. The summed E-state index contributed by atoms with van der Waals surface area (Å²) in [5, 5.41) is 9.59. The average molecular weight is 226 g/mol. The van der Waals surface area contributed by atoms with Gasteiger partial charge in [0.05, 0.1) is 0 Å². The molecule has 0 radical (unpaired) electrons. The van der Waals surface area contributed by atoms with Gasteiger partial charge in [-0.15, -0.1) is 0 Å². The molecule has 0 bridgehead atoms. The lowest BCUT2D eigenvalue weighted by Gasteiger charge is -2.14. The van der Waals surface area contributed by atoms with Crippen molar-refractivity contribution in [2.75, 3.05) is 0 Å². The molecule has 0 saturated heterocycles. The Labute approximate surface area is 103 Å². The summed E-state index contributed by atoms with van der Waals surface area (Å²) in [7, 11) is 0. The lowest BCUT2D eigenvalue weighted by molar-refractivity contribution is 0.474. The fourth-order valence-electron chi connectivity index (χ4n) is 2.39. The molecular weight excluding hydrogens is 208 g/mol. The van der Waals surface area contributed by atoms with Crippen molar-refractivity contribution >= 4 is 0 Å². The minimum Gasteiger partial charge on any atom is -0.508 e. The molecule has 0 amide bonds. The molecule has 0 spiro atoms. The molecule has 17 heavy (non-hydrogen) atoms. The maximum atomic E-state index is 9.59. The van der Waals surface area contributed by atoms with Gasteiger partial charge in [0.1, 0.15) is 5.75 Å². The topological polar surface area (TPSA) is 20.2 Å². The number of aryl methyl sites for hydroxylation is 3. The second-order valence-electron chi connectivity index (χ2n) is 4.70. The van der Waals surface area contributed by atoms with Gasteiger partial charge in [-0.25, -0.2) is 0 Å². The zero-order valence-electron chi connectivity index (χ0n) is 10.8. The Kier molecular flexibility index (Phi) is 2.93. The summed E-state index contributed by atoms with van der Waals surface area (Å²) < 4.78 is 0. The van der Waals surface area contributed by atoms with Crippen molar-refractivity contribution in [3.8, 4) is 16.9 Å². The minimum atomic E-state index is 0.342. The first-order valence-electron chi connectivity index (χ1n) is 5.87. The van der Waals surface area contributed by atoms with Crippen LogP contribution in [0, 0.1) is 27.7 Å². The van der Waals surface area contributed by atoms with Crippen LogP contribution < -0.4 is 0 Å². The molecule has 0 aromatic heterocycles. The van der Waals surface area contributed by atoms with E-state index in [0.717, 1.165) is 11.1 Å². The number of hydrogen-bond acceptors (Lipinski definition) is 1. The van der Waals surface area contributed by atoms with Gasteiger partial charge < -0.3 is 5.11 Å². The normalized spacial score (nSPS) is 10.6. The van der Waals surface area contributed by atoms with Crippen molar-refractivity contribution < 1.29 is 5.11 Å². The van der Waals surface area contributed by atoms with E-state index in [0.29, 0.717) is 5.75 Å². The first-order valence-corrected chi connectivity index (χ1v) is 5.87. The van der Waals surface area contributed by atoms with Gasteiger partial charge in [-0.3, -0.25) is 0 Å². The molecule has 1 heteroatoms. The number of aromatic hydroxyl groups is 1. The fraction of sp³-hybridized carbons (Fsp3) is 0.250. The van der Waals surface area contributed by atoms with Gasteiger partial charge in [0.2, 0.25) is 0 Å². The quantitative estimate of drug-likeness (QED) is 0.769. The van der Waals surface area contributed by atoms with Crippen LogP contribution in [0.3, 0.4) is 0 Å². The summed E-state index contributed by atoms with van der Waals surface area (Å²) in [4.78, 5) is 0. The highest BCUT2D eigenvalue weighted by Gasteiger charge is 2.10. The molecule has 0 atom stereocenters. The van der Waals surface area contributed by atoms with E-state index in [1.165, 1.54) is 22.3 Å². The van der Waals surface area contributed by atoms with Crippen LogP contribution in [0.4, 0.5) is 0 Å². The van der Waals surface area contributed by atoms with Gasteiger partial charge >= 0.3 is 0 Å². The lowest BCUT2D eigenvalue weighted by atomic mass is 9.91. The van der Waals surface area contributed by atoms with Crippen molar-refractivity contribution in [3.05, 3.63) is 52.6 Å². The summed E-state index contributed by atoms with van der Waals surface area (Å²) in [5.74, 6) is 0.342. The Morgan fingerprint density at radius 2 is 1.41 bits per heavy atom. The van der Waals surface area contributed by atoms with Crippen LogP contribution in [0.25, 0.3) is 11.1 Å². The summed E-state index contributed by atoms with van der Waals surface area (Å²) in [6.07, 6.45) is 0. The second-order valence-corrected chi connectivity index (χ2v) is 4.70. The molecule has 0 heterocycles. The van der Waals surface area contributed by atoms with Crippen LogP contribution >= 0.6 is 0 Å². The number of phenolic OH excluding ortho intramolecular Hbond substituents is 1. The van der Waals surface area contributed by atoms with Crippen LogP contribution in [0.15, 0.2) is 30.3 Å². The van der Waals surface area contributed by atoms with Crippen molar-refractivity contribution in [1.82, 2.24) is 0 Å². The maximum Gasteiger partial charge on any atom is 0.116 e. The summed E-state index contributed by atoms with van der Waals surface area (Å²) >= 11 is 0. The van der Waals surface area contributed by atoms with Crippen molar-refractivity contribution in [2.45, 2.75) is 27.7 Å². The van der Waals surface area contributed by atoms with Crippen molar-refractivity contribution in [3.63, 3.8) is 0 Å². The van der Waals surface area contributed by atoms with Gasteiger partial charge in [-0.1, -0.05) is 18.2 Å². The van der Waals surface area contributed by atoms with E-state index >= 15 is 0 Å². The third kappa shape index (κ3) is 2.05. The number of benzene rings is 2. The SMILES string of the molecule is Cc1cccc(-c2c(C)cc(O)cc2C)c1C. The molecule has 1 nitrogen and oxygen atoms in total. The highest BCUT2D eigenvalue weighted by molar-refractivity contribution is 5.75. The molecule has 2 aromatic rings. The molecule has 0 aliphatic heterocycles. The first-order chi connectivity index (χ1) is 8.00. The molecule has 0 fully saturated rings. The van der Waals surface area contributed by atoms with E-state index in [-0.39, 0.29) is 0 Å². The minimum absolute atomic E-state index is 0.342. The van der Waals surface area contributed by atoms with E-state index in [1.54, 1.807) is 0 Å². The van der Waals surface area contributed by atoms with Gasteiger partial charge in [0.25, 0.3) is 0 Å². The standard InChI is InChI=1S/C16H18O/c1-10-6-5-7-15(13(10)4)16-11(2)8-14(17)9-12(16)3/h5-9,17H,1-4H3. The van der Waals surface area contributed by atoms with Crippen LogP contribution in [0.1, 0.15) is 22.3 Å². The average Bonchev–Trinajstić information content (AvgIpc) is 2.23. The Morgan fingerprint density at radius 3 is 2.00 bits per heavy atom. The molecule has 88 valence electrons. The molecule has 2 aromatic carbocycles. The highest BCUT2D eigenvalue weighted by Crippen LogP contribution is 2.33. The van der Waals surface area contributed by atoms with E-state index in [9.17, 15) is 5.11 Å². The number of rotatable bonds is 1. The van der Waals surface area contributed by atoms with Gasteiger partial charge in [0, 0.05) is 0 Å². The molecule has 0 unspecified atom stereocenters. The fourth-order valence-corrected chi connectivity index (χ4v) is 2.39. The Morgan fingerprint density at radius 1 is 0.824 bits per heavy atom. The number of hydrogen-bond donors (Lipinski definition) is 1. The molecule has 1 N–H and O–H groups in total. The second kappa shape index (κ2) is 4.25. The Balaban J connectivity index is 2.73. The smallest absolute Gasteiger partial charge is 0.116 e.